The Hall–Kier alpha value is -3.68. The first-order chi connectivity index (χ1) is 16.9. The zero-order valence-electron chi connectivity index (χ0n) is 19.1. The van der Waals surface area contributed by atoms with E-state index in [9.17, 15) is 18.0 Å². The highest BCUT2D eigenvalue weighted by Gasteiger charge is 2.31. The smallest absolute Gasteiger partial charge is 0.368 e. The van der Waals surface area contributed by atoms with Crippen molar-refractivity contribution in [2.24, 2.45) is 5.92 Å². The summed E-state index contributed by atoms with van der Waals surface area (Å²) >= 11 is 0. The molecule has 0 spiro atoms. The van der Waals surface area contributed by atoms with E-state index in [1.807, 2.05) is 46.2 Å². The molecule has 2 aromatic carbocycles. The molecule has 180 valence electrons. The summed E-state index contributed by atoms with van der Waals surface area (Å²) in [7, 11) is 0. The van der Waals surface area contributed by atoms with Gasteiger partial charge in [0, 0.05) is 44.5 Å². The van der Waals surface area contributed by atoms with Gasteiger partial charge in [0.25, 0.3) is 0 Å². The van der Waals surface area contributed by atoms with E-state index in [2.05, 4.69) is 11.1 Å². The van der Waals surface area contributed by atoms with Crippen LogP contribution in [0.1, 0.15) is 33.6 Å². The molecule has 8 heteroatoms. The Balaban J connectivity index is 1.26. The second-order valence-corrected chi connectivity index (χ2v) is 8.91. The number of allylic oxidation sites excluding steroid dienone is 1. The molecule has 3 aromatic rings. The molecule has 1 saturated heterocycles. The Morgan fingerprint density at radius 3 is 2.40 bits per heavy atom. The number of alkyl halides is 3. The highest BCUT2D eigenvalue weighted by atomic mass is 19.4. The van der Waals surface area contributed by atoms with Gasteiger partial charge in [-0.25, -0.2) is 9.97 Å². The minimum Gasteiger partial charge on any atom is -0.368 e. The predicted molar refractivity (Wildman–Crippen MR) is 130 cm³/mol. The number of anilines is 2. The number of halogens is 3. The molecule has 1 aliphatic carbocycles. The molecule has 0 saturated carbocycles. The number of Topliss-reactive ketones (excluding diaryl/α,β-unsaturated/α-hetero) is 1. The van der Waals surface area contributed by atoms with Gasteiger partial charge in [-0.2, -0.15) is 13.2 Å². The monoisotopic (exact) mass is 478 g/mol. The summed E-state index contributed by atoms with van der Waals surface area (Å²) in [6, 6.07) is 15.4. The summed E-state index contributed by atoms with van der Waals surface area (Å²) in [5.41, 5.74) is 2.35. The van der Waals surface area contributed by atoms with Crippen molar-refractivity contribution in [1.29, 1.82) is 0 Å². The lowest BCUT2D eigenvalue weighted by Gasteiger charge is -2.36. The van der Waals surface area contributed by atoms with Crippen LogP contribution in [0.5, 0.6) is 0 Å². The Bertz CT molecular complexity index is 1230. The number of carbonyl (C=O) groups excluding carboxylic acids is 1. The molecule has 1 aromatic heterocycles. The molecule has 35 heavy (non-hydrogen) atoms. The normalized spacial score (nSPS) is 18.7. The van der Waals surface area contributed by atoms with E-state index in [4.69, 9.17) is 4.98 Å². The summed E-state index contributed by atoms with van der Waals surface area (Å²) in [5.74, 6) is 0.693. The van der Waals surface area contributed by atoms with Gasteiger partial charge in [0.1, 0.15) is 0 Å². The maximum absolute atomic E-state index is 13.1. The summed E-state index contributed by atoms with van der Waals surface area (Å²) in [4.78, 5) is 25.8. The van der Waals surface area contributed by atoms with Gasteiger partial charge in [-0.1, -0.05) is 48.6 Å². The fraction of sp³-hybridized carbons (Fsp3) is 0.296. The Labute approximate surface area is 201 Å². The molecule has 5 rings (SSSR count). The number of hydrogen-bond acceptors (Lipinski definition) is 5. The standard InChI is InChI=1S/C27H25F3N4O/c28-27(29,30)21-7-4-8-22(17-21)33-11-13-34(14-12-33)26-31-18-23-24(32-26)15-20(16-25(23)35)10-9-19-5-2-1-3-6-19/h1-10,17-18,20H,11-16H2. The third kappa shape index (κ3) is 5.21. The van der Waals surface area contributed by atoms with Gasteiger partial charge >= 0.3 is 6.18 Å². The fourth-order valence-electron chi connectivity index (χ4n) is 4.61. The summed E-state index contributed by atoms with van der Waals surface area (Å²) < 4.78 is 39.2. The van der Waals surface area contributed by atoms with E-state index < -0.39 is 11.7 Å². The number of hydrogen-bond donors (Lipinski definition) is 0. The first kappa shape index (κ1) is 23.1. The highest BCUT2D eigenvalue weighted by molar-refractivity contribution is 5.98. The molecule has 1 aliphatic heterocycles. The van der Waals surface area contributed by atoms with Crippen LogP contribution in [0, 0.1) is 5.92 Å². The zero-order chi connectivity index (χ0) is 24.4. The minimum absolute atomic E-state index is 0.0508. The van der Waals surface area contributed by atoms with Crippen LogP contribution in [-0.4, -0.2) is 41.9 Å². The van der Waals surface area contributed by atoms with Crippen LogP contribution in [0.4, 0.5) is 24.8 Å². The molecule has 2 heterocycles. The number of piperazine rings is 1. The van der Waals surface area contributed by atoms with Gasteiger partial charge in [0.15, 0.2) is 5.78 Å². The zero-order valence-corrected chi connectivity index (χ0v) is 19.1. The van der Waals surface area contributed by atoms with Crippen LogP contribution in [0.3, 0.4) is 0 Å². The maximum Gasteiger partial charge on any atom is 0.416 e. The van der Waals surface area contributed by atoms with E-state index in [0.717, 1.165) is 17.3 Å². The second kappa shape index (κ2) is 9.52. The van der Waals surface area contributed by atoms with Crippen LogP contribution in [0.2, 0.25) is 0 Å². The Morgan fingerprint density at radius 1 is 0.914 bits per heavy atom. The topological polar surface area (TPSA) is 49.3 Å². The summed E-state index contributed by atoms with van der Waals surface area (Å²) in [6.45, 7) is 2.28. The molecule has 5 nitrogen and oxygen atoms in total. The van der Waals surface area contributed by atoms with Crippen molar-refractivity contribution in [3.63, 3.8) is 0 Å². The molecule has 1 unspecified atom stereocenters. The summed E-state index contributed by atoms with van der Waals surface area (Å²) in [5, 5.41) is 0. The van der Waals surface area contributed by atoms with E-state index in [0.29, 0.717) is 56.2 Å². The number of benzene rings is 2. The van der Waals surface area contributed by atoms with Crippen LogP contribution in [0.15, 0.2) is 66.9 Å². The number of rotatable bonds is 4. The Morgan fingerprint density at radius 2 is 1.66 bits per heavy atom. The lowest BCUT2D eigenvalue weighted by atomic mass is 9.86. The fourth-order valence-corrected chi connectivity index (χ4v) is 4.61. The third-order valence-corrected chi connectivity index (χ3v) is 6.52. The van der Waals surface area contributed by atoms with Gasteiger partial charge in [-0.05, 0) is 36.1 Å². The van der Waals surface area contributed by atoms with Crippen molar-refractivity contribution >= 4 is 23.5 Å². The second-order valence-electron chi connectivity index (χ2n) is 8.91. The van der Waals surface area contributed by atoms with Gasteiger partial charge in [0.2, 0.25) is 5.95 Å². The first-order valence-corrected chi connectivity index (χ1v) is 11.7. The molecule has 0 radical (unpaired) electrons. The third-order valence-electron chi connectivity index (χ3n) is 6.52. The number of carbonyl (C=O) groups is 1. The first-order valence-electron chi connectivity index (χ1n) is 11.7. The van der Waals surface area contributed by atoms with E-state index in [1.165, 1.54) is 12.1 Å². The number of aromatic nitrogens is 2. The lowest BCUT2D eigenvalue weighted by molar-refractivity contribution is -0.137. The van der Waals surface area contributed by atoms with Gasteiger partial charge in [0.05, 0.1) is 16.8 Å². The van der Waals surface area contributed by atoms with Crippen molar-refractivity contribution in [2.45, 2.75) is 19.0 Å². The number of ketones is 1. The van der Waals surface area contributed by atoms with Gasteiger partial charge in [-0.15, -0.1) is 0 Å². The highest BCUT2D eigenvalue weighted by Crippen LogP contribution is 2.32. The molecular weight excluding hydrogens is 453 g/mol. The average molecular weight is 479 g/mol. The van der Waals surface area contributed by atoms with E-state index in [1.54, 1.807) is 12.3 Å². The molecule has 0 N–H and O–H groups in total. The van der Waals surface area contributed by atoms with Crippen molar-refractivity contribution in [3.05, 3.63) is 89.3 Å². The van der Waals surface area contributed by atoms with Crippen LogP contribution < -0.4 is 9.80 Å². The van der Waals surface area contributed by atoms with Crippen molar-refractivity contribution in [2.75, 3.05) is 36.0 Å². The van der Waals surface area contributed by atoms with Crippen molar-refractivity contribution in [3.8, 4) is 0 Å². The van der Waals surface area contributed by atoms with Crippen molar-refractivity contribution < 1.29 is 18.0 Å². The minimum atomic E-state index is -4.36. The van der Waals surface area contributed by atoms with Crippen LogP contribution in [-0.2, 0) is 12.6 Å². The molecule has 1 atom stereocenters. The largest absolute Gasteiger partial charge is 0.416 e. The number of fused-ring (bicyclic) bond motifs is 1. The van der Waals surface area contributed by atoms with Crippen LogP contribution in [0.25, 0.3) is 6.08 Å². The van der Waals surface area contributed by atoms with Gasteiger partial charge in [-0.3, -0.25) is 4.79 Å². The molecular formula is C27H25F3N4O. The maximum atomic E-state index is 13.1. The molecule has 1 fully saturated rings. The number of nitrogens with zero attached hydrogens (tertiary/aromatic N) is 4. The van der Waals surface area contributed by atoms with Crippen LogP contribution >= 0.6 is 0 Å². The predicted octanol–water partition coefficient (Wildman–Crippen LogP) is 5.28. The molecule has 0 bridgehead atoms. The molecule has 0 amide bonds. The lowest BCUT2D eigenvalue weighted by Crippen LogP contribution is -2.47. The SMILES string of the molecule is O=C1CC(C=Cc2ccccc2)Cc2nc(N3CCN(c4cccc(C(F)(F)F)c4)CC3)ncc21. The van der Waals surface area contributed by atoms with Gasteiger partial charge < -0.3 is 9.80 Å². The molecule has 2 aliphatic rings. The average Bonchev–Trinajstić information content (AvgIpc) is 2.87. The Kier molecular flexibility index (Phi) is 6.28. The summed E-state index contributed by atoms with van der Waals surface area (Å²) in [6.07, 6.45) is 2.49. The van der Waals surface area contributed by atoms with E-state index in [-0.39, 0.29) is 11.7 Å². The van der Waals surface area contributed by atoms with Crippen molar-refractivity contribution in [1.82, 2.24) is 9.97 Å². The van der Waals surface area contributed by atoms with E-state index >= 15 is 0 Å². The quantitative estimate of drug-likeness (QED) is 0.511.